The zero-order valence-corrected chi connectivity index (χ0v) is 11.6. The van der Waals surface area contributed by atoms with Crippen molar-refractivity contribution in [1.82, 2.24) is 0 Å². The van der Waals surface area contributed by atoms with Gasteiger partial charge < -0.3 is 4.74 Å². The van der Waals surface area contributed by atoms with Crippen molar-refractivity contribution in [3.8, 4) is 0 Å². The van der Waals surface area contributed by atoms with Gasteiger partial charge in [-0.3, -0.25) is 0 Å². The van der Waals surface area contributed by atoms with Gasteiger partial charge in [0.25, 0.3) is 0 Å². The highest BCUT2D eigenvalue weighted by Crippen LogP contribution is 2.26. The SMILES string of the molecule is Fc1ccc(C(OCCCCl)c2ccc(F)cc2)cc1. The Kier molecular flexibility index (Phi) is 5.50. The molecule has 4 heteroatoms. The molecular formula is C16H15ClF2O. The van der Waals surface area contributed by atoms with Crippen molar-refractivity contribution in [1.29, 1.82) is 0 Å². The number of ether oxygens (including phenoxy) is 1. The number of hydrogen-bond acceptors (Lipinski definition) is 1. The van der Waals surface area contributed by atoms with Crippen molar-refractivity contribution >= 4 is 11.6 Å². The van der Waals surface area contributed by atoms with Gasteiger partial charge in [-0.1, -0.05) is 24.3 Å². The molecule has 0 radical (unpaired) electrons. The molecule has 0 saturated heterocycles. The van der Waals surface area contributed by atoms with E-state index in [0.29, 0.717) is 12.5 Å². The van der Waals surface area contributed by atoms with Crippen LogP contribution in [0.15, 0.2) is 48.5 Å². The molecule has 2 aromatic rings. The minimum atomic E-state index is -0.348. The van der Waals surface area contributed by atoms with Crippen molar-refractivity contribution in [3.05, 3.63) is 71.3 Å². The summed E-state index contributed by atoms with van der Waals surface area (Å²) >= 11 is 5.64. The van der Waals surface area contributed by atoms with E-state index >= 15 is 0 Å². The molecule has 0 unspecified atom stereocenters. The summed E-state index contributed by atoms with van der Waals surface area (Å²) in [5.41, 5.74) is 1.65. The first-order valence-corrected chi connectivity index (χ1v) is 6.92. The largest absolute Gasteiger partial charge is 0.369 e. The lowest BCUT2D eigenvalue weighted by Gasteiger charge is -2.19. The van der Waals surface area contributed by atoms with Gasteiger partial charge >= 0.3 is 0 Å². The maximum atomic E-state index is 13.0. The molecule has 2 aromatic carbocycles. The summed E-state index contributed by atoms with van der Waals surface area (Å²) in [4.78, 5) is 0. The highest BCUT2D eigenvalue weighted by Gasteiger charge is 2.14. The molecule has 0 bridgehead atoms. The van der Waals surface area contributed by atoms with E-state index in [0.717, 1.165) is 17.5 Å². The summed E-state index contributed by atoms with van der Waals surface area (Å²) < 4.78 is 31.8. The van der Waals surface area contributed by atoms with E-state index in [1.54, 1.807) is 24.3 Å². The van der Waals surface area contributed by atoms with E-state index in [1.807, 2.05) is 0 Å². The first-order chi connectivity index (χ1) is 9.70. The Balaban J connectivity index is 2.23. The number of benzene rings is 2. The van der Waals surface area contributed by atoms with E-state index in [1.165, 1.54) is 24.3 Å². The fraction of sp³-hybridized carbons (Fsp3) is 0.250. The molecule has 20 heavy (non-hydrogen) atoms. The number of rotatable bonds is 6. The summed E-state index contributed by atoms with van der Waals surface area (Å²) in [6, 6.07) is 12.2. The van der Waals surface area contributed by atoms with Gasteiger partial charge in [-0.05, 0) is 41.8 Å². The van der Waals surface area contributed by atoms with Gasteiger partial charge in [0, 0.05) is 12.5 Å². The van der Waals surface area contributed by atoms with Crippen molar-refractivity contribution in [3.63, 3.8) is 0 Å². The highest BCUT2D eigenvalue weighted by molar-refractivity contribution is 6.17. The molecule has 0 aliphatic heterocycles. The molecule has 0 aromatic heterocycles. The lowest BCUT2D eigenvalue weighted by molar-refractivity contribution is 0.0809. The zero-order chi connectivity index (χ0) is 14.4. The molecule has 0 atom stereocenters. The van der Waals surface area contributed by atoms with E-state index in [9.17, 15) is 8.78 Å². The maximum Gasteiger partial charge on any atom is 0.123 e. The number of halogens is 3. The van der Waals surface area contributed by atoms with Crippen molar-refractivity contribution < 1.29 is 13.5 Å². The predicted molar refractivity (Wildman–Crippen MR) is 75.9 cm³/mol. The third kappa shape index (κ3) is 4.02. The fourth-order valence-electron chi connectivity index (χ4n) is 1.92. The second kappa shape index (κ2) is 7.36. The molecule has 0 heterocycles. The third-order valence-corrected chi connectivity index (χ3v) is 3.18. The summed E-state index contributed by atoms with van der Waals surface area (Å²) in [7, 11) is 0. The summed E-state index contributed by atoms with van der Waals surface area (Å²) in [5, 5.41) is 0. The molecule has 0 aliphatic carbocycles. The first kappa shape index (κ1) is 14.9. The van der Waals surface area contributed by atoms with Crippen LogP contribution in [0, 0.1) is 11.6 Å². The van der Waals surface area contributed by atoms with Crippen molar-refractivity contribution in [2.75, 3.05) is 12.5 Å². The lowest BCUT2D eigenvalue weighted by Crippen LogP contribution is -2.08. The van der Waals surface area contributed by atoms with Crippen LogP contribution in [0.2, 0.25) is 0 Å². The maximum absolute atomic E-state index is 13.0. The Morgan fingerprint density at radius 3 is 1.70 bits per heavy atom. The molecule has 0 fully saturated rings. The Morgan fingerprint density at radius 1 is 0.850 bits per heavy atom. The average Bonchev–Trinajstić information content (AvgIpc) is 2.46. The van der Waals surface area contributed by atoms with E-state index in [2.05, 4.69) is 0 Å². The minimum absolute atomic E-state index is 0.299. The summed E-state index contributed by atoms with van der Waals surface area (Å²) in [5.74, 6) is -0.0840. The fourth-order valence-corrected chi connectivity index (χ4v) is 2.02. The number of hydrogen-bond donors (Lipinski definition) is 0. The normalized spacial score (nSPS) is 11.0. The second-order valence-electron chi connectivity index (χ2n) is 4.40. The van der Waals surface area contributed by atoms with Crippen LogP contribution in [0.3, 0.4) is 0 Å². The van der Waals surface area contributed by atoms with Gasteiger partial charge in [0.05, 0.1) is 0 Å². The number of alkyl halides is 1. The molecule has 1 nitrogen and oxygen atoms in total. The Morgan fingerprint density at radius 2 is 1.30 bits per heavy atom. The summed E-state index contributed by atoms with van der Waals surface area (Å²) in [6.07, 6.45) is 0.375. The molecule has 0 N–H and O–H groups in total. The van der Waals surface area contributed by atoms with Crippen LogP contribution in [-0.4, -0.2) is 12.5 Å². The molecule has 0 spiro atoms. The summed E-state index contributed by atoms with van der Waals surface area (Å²) in [6.45, 7) is 0.489. The molecule has 2 rings (SSSR count). The van der Waals surface area contributed by atoms with Gasteiger partial charge in [0.2, 0.25) is 0 Å². The quantitative estimate of drug-likeness (QED) is 0.554. The van der Waals surface area contributed by atoms with Crippen molar-refractivity contribution in [2.45, 2.75) is 12.5 Å². The standard InChI is InChI=1S/C16H15ClF2O/c17-10-1-11-20-16(12-2-6-14(18)7-3-12)13-4-8-15(19)9-5-13/h2-9,16H,1,10-11H2. The van der Waals surface area contributed by atoms with Crippen LogP contribution in [0.4, 0.5) is 8.78 Å². The van der Waals surface area contributed by atoms with Crippen molar-refractivity contribution in [2.24, 2.45) is 0 Å². The van der Waals surface area contributed by atoms with E-state index < -0.39 is 0 Å². The van der Waals surface area contributed by atoms with Crippen LogP contribution in [-0.2, 0) is 4.74 Å². The third-order valence-electron chi connectivity index (χ3n) is 2.91. The van der Waals surface area contributed by atoms with Crippen LogP contribution >= 0.6 is 11.6 Å². The lowest BCUT2D eigenvalue weighted by atomic mass is 10.0. The minimum Gasteiger partial charge on any atom is -0.369 e. The first-order valence-electron chi connectivity index (χ1n) is 6.39. The van der Waals surface area contributed by atoms with Crippen LogP contribution < -0.4 is 0 Å². The van der Waals surface area contributed by atoms with Gasteiger partial charge in [0.15, 0.2) is 0 Å². The molecule has 0 saturated carbocycles. The molecule has 106 valence electrons. The van der Waals surface area contributed by atoms with Gasteiger partial charge in [0.1, 0.15) is 17.7 Å². The van der Waals surface area contributed by atoms with E-state index in [4.69, 9.17) is 16.3 Å². The van der Waals surface area contributed by atoms with Crippen LogP contribution in [0.1, 0.15) is 23.7 Å². The monoisotopic (exact) mass is 296 g/mol. The Bertz CT molecular complexity index is 480. The molecule has 0 amide bonds. The highest BCUT2D eigenvalue weighted by atomic mass is 35.5. The van der Waals surface area contributed by atoms with Gasteiger partial charge in [-0.15, -0.1) is 11.6 Å². The van der Waals surface area contributed by atoms with Gasteiger partial charge in [-0.25, -0.2) is 8.78 Å². The second-order valence-corrected chi connectivity index (χ2v) is 4.77. The molecular weight excluding hydrogens is 282 g/mol. The van der Waals surface area contributed by atoms with Crippen LogP contribution in [0.5, 0.6) is 0 Å². The molecule has 0 aliphatic rings. The Hall–Kier alpha value is -1.45. The zero-order valence-electron chi connectivity index (χ0n) is 10.9. The Labute approximate surface area is 122 Å². The van der Waals surface area contributed by atoms with E-state index in [-0.39, 0.29) is 17.7 Å². The van der Waals surface area contributed by atoms with Crippen LogP contribution in [0.25, 0.3) is 0 Å². The average molecular weight is 297 g/mol. The topological polar surface area (TPSA) is 9.23 Å². The van der Waals surface area contributed by atoms with Gasteiger partial charge in [-0.2, -0.15) is 0 Å². The smallest absolute Gasteiger partial charge is 0.123 e. The predicted octanol–water partition coefficient (Wildman–Crippen LogP) is 4.70.